The van der Waals surface area contributed by atoms with Crippen LogP contribution < -0.4 is 5.73 Å². The average Bonchev–Trinajstić information content (AvgIpc) is 2.31. The first-order valence-electron chi connectivity index (χ1n) is 6.49. The van der Waals surface area contributed by atoms with Crippen LogP contribution in [0.15, 0.2) is 24.3 Å². The van der Waals surface area contributed by atoms with E-state index in [0.29, 0.717) is 5.92 Å². The van der Waals surface area contributed by atoms with Crippen LogP contribution in [0.4, 0.5) is 4.39 Å². The van der Waals surface area contributed by atoms with Crippen molar-refractivity contribution in [1.82, 2.24) is 0 Å². The zero-order valence-corrected chi connectivity index (χ0v) is 11.2. The summed E-state index contributed by atoms with van der Waals surface area (Å²) in [7, 11) is 0. The van der Waals surface area contributed by atoms with Gasteiger partial charge >= 0.3 is 0 Å². The molecular weight excluding hydrogens is 229 g/mol. The first-order chi connectivity index (χ1) is 8.49. The van der Waals surface area contributed by atoms with E-state index >= 15 is 0 Å². The Morgan fingerprint density at radius 3 is 2.50 bits per heavy atom. The zero-order chi connectivity index (χ0) is 13.5. The Labute approximate surface area is 108 Å². The number of nitrogens with two attached hydrogens (primary N) is 1. The smallest absolute Gasteiger partial charge is 0.146 e. The summed E-state index contributed by atoms with van der Waals surface area (Å²) < 4.78 is 12.7. The molecular formula is C15H22FNO. The molecule has 0 aliphatic carbocycles. The number of halogens is 1. The van der Waals surface area contributed by atoms with Crippen LogP contribution in [-0.4, -0.2) is 11.8 Å². The lowest BCUT2D eigenvalue weighted by atomic mass is 9.94. The maximum atomic E-state index is 12.7. The lowest BCUT2D eigenvalue weighted by Crippen LogP contribution is -2.30. The van der Waals surface area contributed by atoms with Crippen molar-refractivity contribution in [2.45, 2.75) is 45.6 Å². The third-order valence-corrected chi connectivity index (χ3v) is 3.25. The number of benzene rings is 1. The summed E-state index contributed by atoms with van der Waals surface area (Å²) in [6, 6.07) is 6.29. The van der Waals surface area contributed by atoms with Crippen molar-refractivity contribution in [3.8, 4) is 0 Å². The summed E-state index contributed by atoms with van der Waals surface area (Å²) in [5, 5.41) is 0. The lowest BCUT2D eigenvalue weighted by molar-refractivity contribution is -0.118. The molecule has 0 fully saturated rings. The van der Waals surface area contributed by atoms with Crippen LogP contribution in [0.5, 0.6) is 0 Å². The summed E-state index contributed by atoms with van der Waals surface area (Å²) in [6.07, 6.45) is 3.77. The Bertz CT molecular complexity index is 375. The summed E-state index contributed by atoms with van der Waals surface area (Å²) in [4.78, 5) is 11.0. The molecule has 2 nitrogen and oxygen atoms in total. The fourth-order valence-electron chi connectivity index (χ4n) is 2.02. The molecule has 0 radical (unpaired) electrons. The molecule has 0 aromatic heterocycles. The van der Waals surface area contributed by atoms with Gasteiger partial charge in [0.2, 0.25) is 0 Å². The summed E-state index contributed by atoms with van der Waals surface area (Å²) >= 11 is 0. The van der Waals surface area contributed by atoms with E-state index in [1.807, 2.05) is 12.1 Å². The molecule has 1 rings (SSSR count). The van der Waals surface area contributed by atoms with Gasteiger partial charge < -0.3 is 5.73 Å². The molecule has 1 aromatic rings. The second-order valence-electron chi connectivity index (χ2n) is 5.08. The van der Waals surface area contributed by atoms with Gasteiger partial charge in [0, 0.05) is 0 Å². The van der Waals surface area contributed by atoms with Gasteiger partial charge in [0.15, 0.2) is 0 Å². The quantitative estimate of drug-likeness (QED) is 0.809. The van der Waals surface area contributed by atoms with Crippen LogP contribution in [0.1, 0.15) is 38.7 Å². The molecule has 0 saturated carbocycles. The van der Waals surface area contributed by atoms with E-state index in [1.54, 1.807) is 0 Å². The van der Waals surface area contributed by atoms with Crippen molar-refractivity contribution in [2.24, 2.45) is 11.7 Å². The predicted octanol–water partition coefficient (Wildman–Crippen LogP) is 3.09. The molecule has 0 aliphatic heterocycles. The highest BCUT2D eigenvalue weighted by atomic mass is 19.1. The minimum absolute atomic E-state index is 0.0559. The van der Waals surface area contributed by atoms with E-state index in [2.05, 4.69) is 6.92 Å². The Morgan fingerprint density at radius 1 is 1.33 bits per heavy atom. The SMILES string of the molecule is CC(=O)C(N)CC(C)CCCc1ccc(F)cc1. The van der Waals surface area contributed by atoms with Crippen LogP contribution in [0.25, 0.3) is 0 Å². The largest absolute Gasteiger partial charge is 0.322 e. The highest BCUT2D eigenvalue weighted by Gasteiger charge is 2.12. The molecule has 0 saturated heterocycles. The monoisotopic (exact) mass is 251 g/mol. The lowest BCUT2D eigenvalue weighted by Gasteiger charge is -2.14. The van der Waals surface area contributed by atoms with Crippen molar-refractivity contribution in [3.63, 3.8) is 0 Å². The molecule has 1 aromatic carbocycles. The third kappa shape index (κ3) is 5.41. The van der Waals surface area contributed by atoms with Crippen LogP contribution in [0.3, 0.4) is 0 Å². The van der Waals surface area contributed by atoms with E-state index < -0.39 is 0 Å². The number of Topliss-reactive ketones (excluding diaryl/α,β-unsaturated/α-hetero) is 1. The van der Waals surface area contributed by atoms with Gasteiger partial charge in [0.1, 0.15) is 11.6 Å². The van der Waals surface area contributed by atoms with Crippen LogP contribution >= 0.6 is 0 Å². The minimum Gasteiger partial charge on any atom is -0.322 e. The molecule has 18 heavy (non-hydrogen) atoms. The first kappa shape index (κ1) is 14.8. The third-order valence-electron chi connectivity index (χ3n) is 3.25. The van der Waals surface area contributed by atoms with E-state index in [4.69, 9.17) is 5.73 Å². The normalized spacial score (nSPS) is 14.2. The van der Waals surface area contributed by atoms with Crippen molar-refractivity contribution in [3.05, 3.63) is 35.6 Å². The van der Waals surface area contributed by atoms with Gasteiger partial charge in [-0.15, -0.1) is 0 Å². The zero-order valence-electron chi connectivity index (χ0n) is 11.2. The molecule has 0 heterocycles. The second-order valence-corrected chi connectivity index (χ2v) is 5.08. The van der Waals surface area contributed by atoms with Crippen molar-refractivity contribution in [1.29, 1.82) is 0 Å². The molecule has 0 spiro atoms. The van der Waals surface area contributed by atoms with E-state index in [0.717, 1.165) is 31.2 Å². The van der Waals surface area contributed by atoms with Gasteiger partial charge in [-0.3, -0.25) is 4.79 Å². The summed E-state index contributed by atoms with van der Waals surface area (Å²) in [5.41, 5.74) is 6.88. The van der Waals surface area contributed by atoms with Crippen LogP contribution in [-0.2, 0) is 11.2 Å². The van der Waals surface area contributed by atoms with Crippen LogP contribution in [0.2, 0.25) is 0 Å². The van der Waals surface area contributed by atoms with Gasteiger partial charge in [-0.25, -0.2) is 4.39 Å². The molecule has 0 aliphatic rings. The second kappa shape index (κ2) is 7.27. The summed E-state index contributed by atoms with van der Waals surface area (Å²) in [6.45, 7) is 3.66. The molecule has 3 heteroatoms. The topological polar surface area (TPSA) is 43.1 Å². The van der Waals surface area contributed by atoms with Gasteiger partial charge in [0.25, 0.3) is 0 Å². The molecule has 2 atom stereocenters. The van der Waals surface area contributed by atoms with Crippen LogP contribution in [0, 0.1) is 11.7 Å². The Kier molecular flexibility index (Phi) is 5.99. The average molecular weight is 251 g/mol. The summed E-state index contributed by atoms with van der Waals surface area (Å²) in [5.74, 6) is 0.310. The highest BCUT2D eigenvalue weighted by Crippen LogP contribution is 2.15. The molecule has 2 unspecified atom stereocenters. The molecule has 0 bridgehead atoms. The van der Waals surface area contributed by atoms with E-state index in [9.17, 15) is 9.18 Å². The Balaban J connectivity index is 2.25. The highest BCUT2D eigenvalue weighted by molar-refractivity contribution is 5.81. The van der Waals surface area contributed by atoms with E-state index in [-0.39, 0.29) is 17.6 Å². The van der Waals surface area contributed by atoms with Crippen molar-refractivity contribution in [2.75, 3.05) is 0 Å². The molecule has 2 N–H and O–H groups in total. The van der Waals surface area contributed by atoms with E-state index in [1.165, 1.54) is 19.1 Å². The fourth-order valence-corrected chi connectivity index (χ4v) is 2.02. The van der Waals surface area contributed by atoms with Gasteiger partial charge in [-0.05, 0) is 49.8 Å². The number of ketones is 1. The maximum absolute atomic E-state index is 12.7. The van der Waals surface area contributed by atoms with Gasteiger partial charge in [-0.2, -0.15) is 0 Å². The minimum atomic E-state index is -0.328. The standard InChI is InChI=1S/C15H22FNO/c1-11(10-15(17)12(2)18)4-3-5-13-6-8-14(16)9-7-13/h6-9,11,15H,3-5,10,17H2,1-2H3. The Morgan fingerprint density at radius 2 is 1.94 bits per heavy atom. The number of hydrogen-bond acceptors (Lipinski definition) is 2. The van der Waals surface area contributed by atoms with Gasteiger partial charge in [0.05, 0.1) is 6.04 Å². The van der Waals surface area contributed by atoms with Gasteiger partial charge in [-0.1, -0.05) is 25.5 Å². The number of hydrogen-bond donors (Lipinski definition) is 1. The predicted molar refractivity (Wildman–Crippen MR) is 71.8 cm³/mol. The van der Waals surface area contributed by atoms with Crippen molar-refractivity contribution < 1.29 is 9.18 Å². The first-order valence-corrected chi connectivity index (χ1v) is 6.49. The molecule has 100 valence electrons. The molecule has 0 amide bonds. The number of aryl methyl sites for hydroxylation is 1. The fraction of sp³-hybridized carbons (Fsp3) is 0.533. The number of carbonyl (C=O) groups excluding carboxylic acids is 1. The maximum Gasteiger partial charge on any atom is 0.146 e. The number of rotatable bonds is 7. The Hall–Kier alpha value is -1.22. The van der Waals surface area contributed by atoms with Crippen molar-refractivity contribution >= 4 is 5.78 Å². The number of carbonyl (C=O) groups is 1.